The Bertz CT molecular complexity index is 391. The van der Waals surface area contributed by atoms with E-state index in [0.717, 1.165) is 31.7 Å². The van der Waals surface area contributed by atoms with Gasteiger partial charge in [-0.1, -0.05) is 33.1 Å². The minimum Gasteiger partial charge on any atom is -0.392 e. The highest BCUT2D eigenvalue weighted by molar-refractivity contribution is 5.23. The third-order valence-corrected chi connectivity index (χ3v) is 3.92. The highest BCUT2D eigenvalue weighted by Gasteiger charge is 2.27. The molecule has 0 aliphatic rings. The van der Waals surface area contributed by atoms with Crippen molar-refractivity contribution in [3.05, 3.63) is 35.4 Å². The van der Waals surface area contributed by atoms with Crippen LogP contribution < -0.4 is 5.73 Å². The monoisotopic (exact) mass is 285 g/mol. The summed E-state index contributed by atoms with van der Waals surface area (Å²) in [6, 6.07) is 3.35. The Morgan fingerprint density at radius 2 is 1.75 bits per heavy atom. The number of unbranched alkanes of at least 4 members (excludes halogenated alkanes) is 1. The van der Waals surface area contributed by atoms with Crippen LogP contribution in [0.1, 0.15) is 51.0 Å². The second-order valence-electron chi connectivity index (χ2n) is 5.35. The van der Waals surface area contributed by atoms with E-state index in [1.54, 1.807) is 0 Å². The normalized spacial score (nSPS) is 15.9. The van der Waals surface area contributed by atoms with Crippen molar-refractivity contribution in [2.45, 2.75) is 51.6 Å². The van der Waals surface area contributed by atoms with Gasteiger partial charge in [0.2, 0.25) is 0 Å². The molecular weight excluding hydrogens is 260 g/mol. The van der Waals surface area contributed by atoms with E-state index in [9.17, 15) is 13.9 Å². The highest BCUT2D eigenvalue weighted by atomic mass is 19.1. The van der Waals surface area contributed by atoms with Crippen molar-refractivity contribution in [3.8, 4) is 0 Å². The molecular formula is C16H25F2NO. The van der Waals surface area contributed by atoms with Crippen molar-refractivity contribution < 1.29 is 13.9 Å². The van der Waals surface area contributed by atoms with E-state index in [2.05, 4.69) is 6.92 Å². The molecule has 3 atom stereocenters. The number of nitrogens with two attached hydrogens (primary N) is 1. The van der Waals surface area contributed by atoms with E-state index < -0.39 is 23.7 Å². The van der Waals surface area contributed by atoms with Gasteiger partial charge in [0, 0.05) is 18.5 Å². The van der Waals surface area contributed by atoms with Gasteiger partial charge < -0.3 is 10.8 Å². The maximum atomic E-state index is 13.3. The first-order valence-corrected chi connectivity index (χ1v) is 7.37. The van der Waals surface area contributed by atoms with Crippen molar-refractivity contribution in [2.24, 2.45) is 11.7 Å². The Kier molecular flexibility index (Phi) is 7.10. The molecule has 4 heteroatoms. The molecule has 0 fully saturated rings. The number of aliphatic hydroxyl groups is 1. The molecule has 0 radical (unpaired) electrons. The molecule has 0 aromatic heterocycles. The predicted octanol–water partition coefficient (Wildman–Crippen LogP) is 3.58. The minimum absolute atomic E-state index is 0.106. The predicted molar refractivity (Wildman–Crippen MR) is 77.5 cm³/mol. The van der Waals surface area contributed by atoms with Gasteiger partial charge >= 0.3 is 0 Å². The second kappa shape index (κ2) is 8.32. The van der Waals surface area contributed by atoms with E-state index in [1.165, 1.54) is 12.1 Å². The third-order valence-electron chi connectivity index (χ3n) is 3.92. The van der Waals surface area contributed by atoms with Crippen LogP contribution >= 0.6 is 0 Å². The Morgan fingerprint density at radius 1 is 1.15 bits per heavy atom. The van der Waals surface area contributed by atoms with Gasteiger partial charge in [0.25, 0.3) is 0 Å². The topological polar surface area (TPSA) is 46.2 Å². The molecule has 3 N–H and O–H groups in total. The van der Waals surface area contributed by atoms with Crippen LogP contribution in [0.2, 0.25) is 0 Å². The van der Waals surface area contributed by atoms with E-state index in [4.69, 9.17) is 5.73 Å². The Balaban J connectivity index is 2.92. The van der Waals surface area contributed by atoms with Crippen molar-refractivity contribution in [1.29, 1.82) is 0 Å². The van der Waals surface area contributed by atoms with Crippen LogP contribution in [0.3, 0.4) is 0 Å². The summed E-state index contributed by atoms with van der Waals surface area (Å²) < 4.78 is 26.6. The van der Waals surface area contributed by atoms with Crippen molar-refractivity contribution in [3.63, 3.8) is 0 Å². The lowest BCUT2D eigenvalue weighted by molar-refractivity contribution is 0.0742. The number of rotatable bonds is 8. The van der Waals surface area contributed by atoms with Crippen LogP contribution in [0, 0.1) is 17.6 Å². The van der Waals surface area contributed by atoms with Gasteiger partial charge in [-0.25, -0.2) is 8.78 Å². The molecule has 1 aromatic rings. The van der Waals surface area contributed by atoms with Gasteiger partial charge in [-0.15, -0.1) is 0 Å². The molecule has 3 unspecified atom stereocenters. The largest absolute Gasteiger partial charge is 0.392 e. The van der Waals surface area contributed by atoms with E-state index >= 15 is 0 Å². The molecule has 114 valence electrons. The van der Waals surface area contributed by atoms with Gasteiger partial charge in [0.1, 0.15) is 11.6 Å². The van der Waals surface area contributed by atoms with Crippen molar-refractivity contribution in [1.82, 2.24) is 0 Å². The summed E-state index contributed by atoms with van der Waals surface area (Å²) >= 11 is 0. The standard InChI is InChI=1S/C16H25F2NO/c1-3-5-6-11(4-2)16(20)15(10-19)12-7-13(17)9-14(18)8-12/h7-9,11,15-16,20H,3-6,10,19H2,1-2H3. The van der Waals surface area contributed by atoms with Crippen LogP contribution in [0.4, 0.5) is 8.78 Å². The summed E-state index contributed by atoms with van der Waals surface area (Å²) in [6.45, 7) is 4.29. The molecule has 0 saturated carbocycles. The first kappa shape index (κ1) is 17.1. The SMILES string of the molecule is CCCCC(CC)C(O)C(CN)c1cc(F)cc(F)c1. The molecule has 2 nitrogen and oxygen atoms in total. The average Bonchev–Trinajstić information content (AvgIpc) is 2.39. The number of hydrogen-bond donors (Lipinski definition) is 2. The lowest BCUT2D eigenvalue weighted by Gasteiger charge is -2.29. The van der Waals surface area contributed by atoms with E-state index in [-0.39, 0.29) is 12.5 Å². The zero-order valence-electron chi connectivity index (χ0n) is 12.3. The van der Waals surface area contributed by atoms with Gasteiger partial charge in [-0.2, -0.15) is 0 Å². The van der Waals surface area contributed by atoms with Crippen LogP contribution in [0.5, 0.6) is 0 Å². The fourth-order valence-corrected chi connectivity index (χ4v) is 2.67. The molecule has 0 aliphatic carbocycles. The fourth-order valence-electron chi connectivity index (χ4n) is 2.67. The summed E-state index contributed by atoms with van der Waals surface area (Å²) in [6.07, 6.45) is 3.16. The lowest BCUT2D eigenvalue weighted by Crippen LogP contribution is -2.32. The number of halogens is 2. The van der Waals surface area contributed by atoms with Gasteiger partial charge in [0.15, 0.2) is 0 Å². The Morgan fingerprint density at radius 3 is 2.20 bits per heavy atom. The molecule has 0 bridgehead atoms. The molecule has 0 aliphatic heterocycles. The summed E-state index contributed by atoms with van der Waals surface area (Å²) in [5.74, 6) is -1.59. The average molecular weight is 285 g/mol. The molecule has 1 aromatic carbocycles. The molecule has 20 heavy (non-hydrogen) atoms. The maximum Gasteiger partial charge on any atom is 0.126 e. The van der Waals surface area contributed by atoms with Crippen LogP contribution in [0.25, 0.3) is 0 Å². The van der Waals surface area contributed by atoms with Crippen LogP contribution in [-0.2, 0) is 0 Å². The summed E-state index contributed by atoms with van der Waals surface area (Å²) in [5, 5.41) is 10.5. The van der Waals surface area contributed by atoms with Crippen molar-refractivity contribution in [2.75, 3.05) is 6.54 Å². The zero-order chi connectivity index (χ0) is 15.1. The molecule has 0 amide bonds. The molecule has 0 saturated heterocycles. The summed E-state index contributed by atoms with van der Waals surface area (Å²) in [7, 11) is 0. The van der Waals surface area contributed by atoms with E-state index in [1.807, 2.05) is 6.92 Å². The molecule has 1 rings (SSSR count). The lowest BCUT2D eigenvalue weighted by atomic mass is 9.82. The van der Waals surface area contributed by atoms with Gasteiger partial charge in [-0.05, 0) is 30.0 Å². The zero-order valence-corrected chi connectivity index (χ0v) is 12.3. The first-order valence-electron chi connectivity index (χ1n) is 7.37. The molecule has 0 spiro atoms. The van der Waals surface area contributed by atoms with E-state index in [0.29, 0.717) is 5.56 Å². The quantitative estimate of drug-likeness (QED) is 0.767. The first-order chi connectivity index (χ1) is 9.53. The fraction of sp³-hybridized carbons (Fsp3) is 0.625. The van der Waals surface area contributed by atoms with Crippen LogP contribution in [0.15, 0.2) is 18.2 Å². The molecule has 0 heterocycles. The number of hydrogen-bond acceptors (Lipinski definition) is 2. The Hall–Kier alpha value is -1.00. The maximum absolute atomic E-state index is 13.3. The van der Waals surface area contributed by atoms with Crippen molar-refractivity contribution >= 4 is 0 Å². The van der Waals surface area contributed by atoms with Crippen LogP contribution in [-0.4, -0.2) is 17.8 Å². The highest BCUT2D eigenvalue weighted by Crippen LogP contribution is 2.29. The number of benzene rings is 1. The third kappa shape index (κ3) is 4.53. The second-order valence-corrected chi connectivity index (χ2v) is 5.35. The van der Waals surface area contributed by atoms with Gasteiger partial charge in [-0.3, -0.25) is 0 Å². The number of aliphatic hydroxyl groups excluding tert-OH is 1. The smallest absolute Gasteiger partial charge is 0.126 e. The Labute approximate surface area is 120 Å². The minimum atomic E-state index is -0.669. The summed E-state index contributed by atoms with van der Waals surface area (Å²) in [4.78, 5) is 0. The summed E-state index contributed by atoms with van der Waals surface area (Å²) in [5.41, 5.74) is 6.16. The van der Waals surface area contributed by atoms with Gasteiger partial charge in [0.05, 0.1) is 6.10 Å².